The van der Waals surface area contributed by atoms with Crippen molar-refractivity contribution >= 4 is 37.7 Å². The first-order valence-electron chi connectivity index (χ1n) is 6.72. The molecule has 1 aliphatic heterocycles. The first kappa shape index (κ1) is 17.2. The molecule has 1 aromatic carbocycles. The van der Waals surface area contributed by atoms with Crippen LogP contribution in [0.15, 0.2) is 27.6 Å². The van der Waals surface area contributed by atoms with Crippen molar-refractivity contribution in [1.29, 1.82) is 0 Å². The van der Waals surface area contributed by atoms with Crippen LogP contribution in [0.2, 0.25) is 0 Å². The molecule has 0 atom stereocenters. The zero-order chi connectivity index (χ0) is 15.3. The Morgan fingerprint density at radius 2 is 2.05 bits per heavy atom. The Bertz CT molecular complexity index is 575. The number of rotatable bonds is 6. The highest BCUT2D eigenvalue weighted by molar-refractivity contribution is 9.10. The fraction of sp³-hybridized carbons (Fsp3) is 0.538. The lowest BCUT2D eigenvalue weighted by atomic mass is 10.2. The average Bonchev–Trinajstić information content (AvgIpc) is 2.47. The van der Waals surface area contributed by atoms with Crippen LogP contribution in [0.3, 0.4) is 0 Å². The second-order valence-electron chi connectivity index (χ2n) is 4.77. The van der Waals surface area contributed by atoms with E-state index in [1.807, 2.05) is 11.8 Å². The lowest BCUT2D eigenvalue weighted by Gasteiger charge is -2.26. The molecule has 2 N–H and O–H groups in total. The van der Waals surface area contributed by atoms with Gasteiger partial charge in [-0.05, 0) is 33.6 Å². The second kappa shape index (κ2) is 7.94. The summed E-state index contributed by atoms with van der Waals surface area (Å²) in [6, 6.07) is 4.74. The molecule has 0 aromatic heterocycles. The maximum atomic E-state index is 12.3. The number of nitrogens with zero attached hydrogens (tertiary/aromatic N) is 1. The number of nitrogens with one attached hydrogen (secondary N) is 1. The van der Waals surface area contributed by atoms with E-state index in [1.165, 1.54) is 6.07 Å². The van der Waals surface area contributed by atoms with Crippen molar-refractivity contribution in [2.24, 2.45) is 0 Å². The van der Waals surface area contributed by atoms with Crippen molar-refractivity contribution in [3.8, 4) is 0 Å². The number of sulfonamides is 1. The molecule has 2 rings (SSSR count). The molecule has 1 aliphatic rings. The third kappa shape index (κ3) is 4.94. The molecule has 1 saturated heterocycles. The minimum Gasteiger partial charge on any atom is -0.392 e. The van der Waals surface area contributed by atoms with Crippen LogP contribution in [0.4, 0.5) is 0 Å². The van der Waals surface area contributed by atoms with E-state index in [0.29, 0.717) is 16.6 Å². The van der Waals surface area contributed by atoms with Gasteiger partial charge in [0.1, 0.15) is 0 Å². The SMILES string of the molecule is O=S(=O)(NCCN1CCSCC1)c1ccc(CO)cc1Br. The van der Waals surface area contributed by atoms with Crippen molar-refractivity contribution in [3.63, 3.8) is 0 Å². The molecule has 1 aromatic rings. The summed E-state index contributed by atoms with van der Waals surface area (Å²) in [4.78, 5) is 2.47. The van der Waals surface area contributed by atoms with Crippen LogP contribution in [0.5, 0.6) is 0 Å². The van der Waals surface area contributed by atoms with Gasteiger partial charge in [0.05, 0.1) is 11.5 Å². The molecule has 0 unspecified atom stereocenters. The van der Waals surface area contributed by atoms with Gasteiger partial charge in [0, 0.05) is 42.2 Å². The first-order chi connectivity index (χ1) is 10.0. The van der Waals surface area contributed by atoms with Crippen LogP contribution >= 0.6 is 27.7 Å². The zero-order valence-corrected chi connectivity index (χ0v) is 14.8. The number of thioether (sulfide) groups is 1. The van der Waals surface area contributed by atoms with Crippen LogP contribution in [-0.4, -0.2) is 56.1 Å². The Kier molecular flexibility index (Phi) is 6.51. The minimum absolute atomic E-state index is 0.112. The molecule has 1 fully saturated rings. The maximum Gasteiger partial charge on any atom is 0.241 e. The zero-order valence-electron chi connectivity index (χ0n) is 11.6. The van der Waals surface area contributed by atoms with E-state index in [4.69, 9.17) is 5.11 Å². The van der Waals surface area contributed by atoms with Gasteiger partial charge in [-0.3, -0.25) is 0 Å². The summed E-state index contributed by atoms with van der Waals surface area (Å²) in [5.74, 6) is 2.22. The van der Waals surface area contributed by atoms with Crippen molar-refractivity contribution in [2.75, 3.05) is 37.7 Å². The Morgan fingerprint density at radius 3 is 2.67 bits per heavy atom. The number of aliphatic hydroxyl groups excluding tert-OH is 1. The second-order valence-corrected chi connectivity index (χ2v) is 8.59. The molecule has 21 heavy (non-hydrogen) atoms. The van der Waals surface area contributed by atoms with Gasteiger partial charge < -0.3 is 10.0 Å². The van der Waals surface area contributed by atoms with Gasteiger partial charge in [-0.2, -0.15) is 11.8 Å². The highest BCUT2D eigenvalue weighted by Crippen LogP contribution is 2.23. The van der Waals surface area contributed by atoms with E-state index in [2.05, 4.69) is 25.6 Å². The molecule has 0 saturated carbocycles. The highest BCUT2D eigenvalue weighted by atomic mass is 79.9. The van der Waals surface area contributed by atoms with Gasteiger partial charge in [0.2, 0.25) is 10.0 Å². The van der Waals surface area contributed by atoms with E-state index in [1.54, 1.807) is 12.1 Å². The van der Waals surface area contributed by atoms with Crippen LogP contribution in [0, 0.1) is 0 Å². The molecule has 1 heterocycles. The molecule has 0 bridgehead atoms. The molecule has 0 aliphatic carbocycles. The largest absolute Gasteiger partial charge is 0.392 e. The normalized spacial score (nSPS) is 17.0. The summed E-state index contributed by atoms with van der Waals surface area (Å²) in [5.41, 5.74) is 0.673. The molecule has 118 valence electrons. The summed E-state index contributed by atoms with van der Waals surface area (Å²) >= 11 is 5.18. The number of hydrogen-bond donors (Lipinski definition) is 2. The molecule has 5 nitrogen and oxygen atoms in total. The van der Waals surface area contributed by atoms with Crippen LogP contribution < -0.4 is 4.72 Å². The standard InChI is InChI=1S/C13H19BrN2O3S2/c14-12-9-11(10-17)1-2-13(12)21(18,19)15-3-4-16-5-7-20-8-6-16/h1-2,9,15,17H,3-8,10H2. The summed E-state index contributed by atoms with van der Waals surface area (Å²) in [5, 5.41) is 9.05. The van der Waals surface area contributed by atoms with Crippen molar-refractivity contribution in [3.05, 3.63) is 28.2 Å². The number of hydrogen-bond acceptors (Lipinski definition) is 5. The number of benzene rings is 1. The Morgan fingerprint density at radius 1 is 1.33 bits per heavy atom. The fourth-order valence-electron chi connectivity index (χ4n) is 2.10. The summed E-state index contributed by atoms with van der Waals surface area (Å²) < 4.78 is 27.6. The molecule has 8 heteroatoms. The summed E-state index contributed by atoms with van der Waals surface area (Å²) in [6.07, 6.45) is 0. The molecular weight excluding hydrogens is 376 g/mol. The Hall–Kier alpha value is -0.120. The first-order valence-corrected chi connectivity index (χ1v) is 10.1. The molecular formula is C13H19BrN2O3S2. The van der Waals surface area contributed by atoms with Gasteiger partial charge in [-0.1, -0.05) is 6.07 Å². The monoisotopic (exact) mass is 394 g/mol. The summed E-state index contributed by atoms with van der Waals surface area (Å²) in [7, 11) is -3.53. The van der Waals surface area contributed by atoms with Crippen molar-refractivity contribution in [1.82, 2.24) is 9.62 Å². The lowest BCUT2D eigenvalue weighted by molar-refractivity contribution is 0.281. The van der Waals surface area contributed by atoms with Gasteiger partial charge in [-0.15, -0.1) is 0 Å². The molecule has 0 amide bonds. The van der Waals surface area contributed by atoms with E-state index >= 15 is 0 Å². The van der Waals surface area contributed by atoms with Crippen LogP contribution in [-0.2, 0) is 16.6 Å². The van der Waals surface area contributed by atoms with Gasteiger partial charge in [-0.25, -0.2) is 13.1 Å². The average molecular weight is 395 g/mol. The van der Waals surface area contributed by atoms with E-state index in [-0.39, 0.29) is 11.5 Å². The van der Waals surface area contributed by atoms with Gasteiger partial charge >= 0.3 is 0 Å². The quantitative estimate of drug-likeness (QED) is 0.759. The van der Waals surface area contributed by atoms with Crippen LogP contribution in [0.1, 0.15) is 5.56 Å². The fourth-order valence-corrected chi connectivity index (χ4v) is 5.22. The van der Waals surface area contributed by atoms with Crippen molar-refractivity contribution < 1.29 is 13.5 Å². The predicted octanol–water partition coefficient (Wildman–Crippen LogP) is 1.27. The van der Waals surface area contributed by atoms with Crippen LogP contribution in [0.25, 0.3) is 0 Å². The smallest absolute Gasteiger partial charge is 0.241 e. The molecule has 0 spiro atoms. The third-order valence-corrected chi connectivity index (χ3v) is 6.67. The van der Waals surface area contributed by atoms with Crippen molar-refractivity contribution in [2.45, 2.75) is 11.5 Å². The summed E-state index contributed by atoms with van der Waals surface area (Å²) in [6.45, 7) is 3.05. The van der Waals surface area contributed by atoms with E-state index in [9.17, 15) is 8.42 Å². The number of halogens is 1. The third-order valence-electron chi connectivity index (χ3n) is 3.29. The van der Waals surface area contributed by atoms with E-state index in [0.717, 1.165) is 31.1 Å². The predicted molar refractivity (Wildman–Crippen MR) is 89.0 cm³/mol. The highest BCUT2D eigenvalue weighted by Gasteiger charge is 2.18. The Balaban J connectivity index is 1.94. The van der Waals surface area contributed by atoms with E-state index < -0.39 is 10.0 Å². The Labute approximate surface area is 138 Å². The lowest BCUT2D eigenvalue weighted by Crippen LogP contribution is -2.39. The van der Waals surface area contributed by atoms with Gasteiger partial charge in [0.15, 0.2) is 0 Å². The molecule has 0 radical (unpaired) electrons. The van der Waals surface area contributed by atoms with Gasteiger partial charge in [0.25, 0.3) is 0 Å². The maximum absolute atomic E-state index is 12.3. The number of aliphatic hydroxyl groups is 1. The topological polar surface area (TPSA) is 69.6 Å². The minimum atomic E-state index is -3.53.